The average molecular weight is 465 g/mol. The minimum absolute atomic E-state index is 0.0116. The highest BCUT2D eigenvalue weighted by molar-refractivity contribution is 6.07. The largest absolute Gasteiger partial charge is 0.464 e. The van der Waals surface area contributed by atoms with Gasteiger partial charge in [-0.15, -0.1) is 5.10 Å². The van der Waals surface area contributed by atoms with Gasteiger partial charge in [-0.3, -0.25) is 4.79 Å². The summed E-state index contributed by atoms with van der Waals surface area (Å²) in [5.41, 5.74) is 0.904. The van der Waals surface area contributed by atoms with Crippen molar-refractivity contribution in [2.45, 2.75) is 12.6 Å². The molecule has 0 unspecified atom stereocenters. The average Bonchev–Trinajstić information content (AvgIpc) is 3.58. The van der Waals surface area contributed by atoms with Gasteiger partial charge in [0.25, 0.3) is 5.91 Å². The van der Waals surface area contributed by atoms with Gasteiger partial charge in [0.1, 0.15) is 11.3 Å². The number of hydrogen-bond acceptors (Lipinski definition) is 6. The summed E-state index contributed by atoms with van der Waals surface area (Å²) in [6.45, 7) is 0.0879. The molecular weight excluding hydrogens is 451 g/mol. The van der Waals surface area contributed by atoms with Crippen LogP contribution in [0.5, 0.6) is 0 Å². The molecule has 0 fully saturated rings. The molecule has 3 aromatic heterocycles. The quantitative estimate of drug-likeness (QED) is 0.432. The summed E-state index contributed by atoms with van der Waals surface area (Å²) >= 11 is 0. The summed E-state index contributed by atoms with van der Waals surface area (Å²) < 4.78 is 47.8. The van der Waals surface area contributed by atoms with Crippen LogP contribution in [0.25, 0.3) is 28.0 Å². The Morgan fingerprint density at radius 2 is 1.82 bits per heavy atom. The highest BCUT2D eigenvalue weighted by atomic mass is 19.4. The highest BCUT2D eigenvalue weighted by Gasteiger charge is 2.43. The van der Waals surface area contributed by atoms with E-state index < -0.39 is 17.8 Å². The first-order valence-electron chi connectivity index (χ1n) is 10.2. The fraction of sp³-hybridized carbons (Fsp3) is 0.136. The number of aromatic nitrogens is 6. The zero-order valence-corrected chi connectivity index (χ0v) is 17.2. The summed E-state index contributed by atoms with van der Waals surface area (Å²) in [6, 6.07) is 13.4. The van der Waals surface area contributed by atoms with Crippen LogP contribution in [0, 0.1) is 0 Å². The van der Waals surface area contributed by atoms with Crippen LogP contribution < -0.4 is 4.90 Å². The summed E-state index contributed by atoms with van der Waals surface area (Å²) in [5.74, 6) is -0.105. The molecule has 1 aliphatic heterocycles. The monoisotopic (exact) mass is 465 g/mol. The predicted molar refractivity (Wildman–Crippen MR) is 113 cm³/mol. The molecule has 170 valence electrons. The third-order valence-corrected chi connectivity index (χ3v) is 5.76. The number of H-pyrrole nitrogens is 1. The zero-order chi connectivity index (χ0) is 23.4. The van der Waals surface area contributed by atoms with Gasteiger partial charge in [0.05, 0.1) is 12.0 Å². The molecule has 6 rings (SSSR count). The van der Waals surface area contributed by atoms with Gasteiger partial charge in [0.15, 0.2) is 11.5 Å². The molecule has 0 radical (unpaired) electrons. The van der Waals surface area contributed by atoms with Gasteiger partial charge >= 0.3 is 6.18 Å². The number of carbonyl (C=O) groups is 1. The van der Waals surface area contributed by atoms with E-state index in [-0.39, 0.29) is 24.2 Å². The SMILES string of the molecule is O=C1c2c(c(C(F)(F)F)nn2-c2ccc3occc3c2)CCN1c1ccc(-c2nnn[nH]2)cc1. The van der Waals surface area contributed by atoms with Crippen LogP contribution in [0.2, 0.25) is 0 Å². The molecule has 5 aromatic rings. The minimum Gasteiger partial charge on any atom is -0.464 e. The van der Waals surface area contributed by atoms with E-state index in [2.05, 4.69) is 25.7 Å². The number of tetrazole rings is 1. The molecule has 0 bridgehead atoms. The predicted octanol–water partition coefficient (Wildman–Crippen LogP) is 4.02. The molecule has 0 saturated carbocycles. The number of fused-ring (bicyclic) bond motifs is 2. The van der Waals surface area contributed by atoms with E-state index in [4.69, 9.17) is 4.42 Å². The Balaban J connectivity index is 1.44. The summed E-state index contributed by atoms with van der Waals surface area (Å²) in [4.78, 5) is 15.0. The smallest absolute Gasteiger partial charge is 0.435 e. The lowest BCUT2D eigenvalue weighted by molar-refractivity contribution is -0.141. The van der Waals surface area contributed by atoms with Crippen molar-refractivity contribution in [2.75, 3.05) is 11.4 Å². The molecule has 0 spiro atoms. The van der Waals surface area contributed by atoms with Gasteiger partial charge in [0, 0.05) is 28.7 Å². The lowest BCUT2D eigenvalue weighted by Crippen LogP contribution is -2.39. The second-order valence-electron chi connectivity index (χ2n) is 7.73. The Bertz CT molecular complexity index is 1520. The molecule has 4 heterocycles. The van der Waals surface area contributed by atoms with E-state index in [1.807, 2.05) is 0 Å². The Morgan fingerprint density at radius 1 is 1.03 bits per heavy atom. The van der Waals surface area contributed by atoms with Crippen LogP contribution in [-0.2, 0) is 12.6 Å². The Hall–Kier alpha value is -4.48. The van der Waals surface area contributed by atoms with Crippen molar-refractivity contribution in [1.29, 1.82) is 0 Å². The maximum atomic E-state index is 13.8. The Morgan fingerprint density at radius 3 is 2.56 bits per heavy atom. The zero-order valence-electron chi connectivity index (χ0n) is 17.2. The molecular formula is C22H14F3N7O2. The number of anilines is 1. The van der Waals surface area contributed by atoms with Crippen molar-refractivity contribution in [3.05, 3.63) is 71.7 Å². The molecule has 0 saturated heterocycles. The number of nitrogens with zero attached hydrogens (tertiary/aromatic N) is 6. The van der Waals surface area contributed by atoms with E-state index in [0.717, 1.165) is 4.68 Å². The normalized spacial score (nSPS) is 14.1. The molecule has 1 N–H and O–H groups in total. The number of amides is 1. The van der Waals surface area contributed by atoms with Gasteiger partial charge in [0.2, 0.25) is 0 Å². The van der Waals surface area contributed by atoms with Crippen LogP contribution in [0.4, 0.5) is 18.9 Å². The number of nitrogens with one attached hydrogen (secondary N) is 1. The number of carbonyl (C=O) groups excluding carboxylic acids is 1. The lowest BCUT2D eigenvalue weighted by Gasteiger charge is -2.28. The van der Waals surface area contributed by atoms with Crippen LogP contribution in [0.3, 0.4) is 0 Å². The molecule has 1 amide bonds. The fourth-order valence-electron chi connectivity index (χ4n) is 4.19. The van der Waals surface area contributed by atoms with Crippen molar-refractivity contribution >= 4 is 22.6 Å². The number of halogens is 3. The summed E-state index contributed by atoms with van der Waals surface area (Å²) in [5, 5.41) is 18.1. The molecule has 12 heteroatoms. The molecule has 0 atom stereocenters. The van der Waals surface area contributed by atoms with Crippen LogP contribution in [0.15, 0.2) is 59.2 Å². The van der Waals surface area contributed by atoms with Crippen molar-refractivity contribution in [1.82, 2.24) is 30.4 Å². The van der Waals surface area contributed by atoms with Crippen molar-refractivity contribution in [3.8, 4) is 17.1 Å². The van der Waals surface area contributed by atoms with E-state index in [9.17, 15) is 18.0 Å². The van der Waals surface area contributed by atoms with E-state index in [1.165, 1.54) is 11.2 Å². The third kappa shape index (κ3) is 3.14. The minimum atomic E-state index is -4.69. The van der Waals surface area contributed by atoms with E-state index in [0.29, 0.717) is 33.7 Å². The number of furan rings is 1. The molecule has 9 nitrogen and oxygen atoms in total. The van der Waals surface area contributed by atoms with Crippen molar-refractivity contribution < 1.29 is 22.4 Å². The second-order valence-corrected chi connectivity index (χ2v) is 7.73. The first-order valence-corrected chi connectivity index (χ1v) is 10.2. The maximum absolute atomic E-state index is 13.8. The fourth-order valence-corrected chi connectivity index (χ4v) is 4.19. The van der Waals surface area contributed by atoms with Crippen LogP contribution >= 0.6 is 0 Å². The first kappa shape index (κ1) is 20.1. The summed E-state index contributed by atoms with van der Waals surface area (Å²) in [7, 11) is 0. The number of alkyl halides is 3. The van der Waals surface area contributed by atoms with Crippen molar-refractivity contribution in [2.24, 2.45) is 0 Å². The van der Waals surface area contributed by atoms with Gasteiger partial charge in [-0.05, 0) is 65.4 Å². The van der Waals surface area contributed by atoms with Crippen LogP contribution in [0.1, 0.15) is 21.7 Å². The standard InChI is InChI=1S/C22H14F3N7O2/c23-22(24,25)19-16-7-9-31(14-3-1-12(2-4-14)20-26-29-30-27-20)21(33)18(16)32(28-19)15-5-6-17-13(11-15)8-10-34-17/h1-6,8,10-11H,7,9H2,(H,26,27,29,30). The summed E-state index contributed by atoms with van der Waals surface area (Å²) in [6.07, 6.45) is -3.19. The lowest BCUT2D eigenvalue weighted by atomic mass is 10.0. The first-order chi connectivity index (χ1) is 16.4. The number of rotatable bonds is 3. The van der Waals surface area contributed by atoms with Gasteiger partial charge in [-0.25, -0.2) is 9.78 Å². The maximum Gasteiger partial charge on any atom is 0.435 e. The van der Waals surface area contributed by atoms with E-state index >= 15 is 0 Å². The topological polar surface area (TPSA) is 106 Å². The highest BCUT2D eigenvalue weighted by Crippen LogP contribution is 2.37. The number of hydrogen-bond donors (Lipinski definition) is 1. The van der Waals surface area contributed by atoms with Crippen LogP contribution in [-0.4, -0.2) is 42.9 Å². The number of benzene rings is 2. The molecule has 1 aliphatic rings. The molecule has 34 heavy (non-hydrogen) atoms. The third-order valence-electron chi connectivity index (χ3n) is 5.76. The van der Waals surface area contributed by atoms with Crippen molar-refractivity contribution in [3.63, 3.8) is 0 Å². The molecule has 0 aliphatic carbocycles. The van der Waals surface area contributed by atoms with E-state index in [1.54, 1.807) is 48.5 Å². The number of aromatic amines is 1. The molecule has 2 aromatic carbocycles. The second kappa shape index (κ2) is 7.27. The van der Waals surface area contributed by atoms with Gasteiger partial charge < -0.3 is 9.32 Å². The Labute approximate surface area is 188 Å². The Kier molecular flexibility index (Phi) is 4.31. The van der Waals surface area contributed by atoms with Gasteiger partial charge in [-0.2, -0.15) is 18.3 Å². The van der Waals surface area contributed by atoms with Gasteiger partial charge in [-0.1, -0.05) is 0 Å².